The van der Waals surface area contributed by atoms with Crippen molar-refractivity contribution in [1.82, 2.24) is 30.0 Å². The van der Waals surface area contributed by atoms with Crippen molar-refractivity contribution in [3.63, 3.8) is 0 Å². The molecular weight excluding hydrogens is 406 g/mol. The van der Waals surface area contributed by atoms with E-state index < -0.39 is 0 Å². The molecule has 1 saturated heterocycles. The molecule has 0 radical (unpaired) electrons. The second-order valence-electron chi connectivity index (χ2n) is 8.12. The summed E-state index contributed by atoms with van der Waals surface area (Å²) in [5.74, 6) is 0.664. The van der Waals surface area contributed by atoms with E-state index in [1.807, 2.05) is 36.9 Å². The Labute approximate surface area is 185 Å². The summed E-state index contributed by atoms with van der Waals surface area (Å²) in [6.07, 6.45) is 3.36. The van der Waals surface area contributed by atoms with Crippen molar-refractivity contribution in [2.75, 3.05) is 32.1 Å². The molecule has 1 unspecified atom stereocenters. The number of amides is 1. The average molecular weight is 434 g/mol. The maximum absolute atomic E-state index is 12.4. The second-order valence-corrected chi connectivity index (χ2v) is 8.12. The third-order valence-electron chi connectivity index (χ3n) is 6.07. The molecule has 1 fully saturated rings. The summed E-state index contributed by atoms with van der Waals surface area (Å²) in [6, 6.07) is 5.90. The van der Waals surface area contributed by atoms with E-state index in [1.54, 1.807) is 6.33 Å². The van der Waals surface area contributed by atoms with E-state index in [0.717, 1.165) is 64.2 Å². The Hall–Kier alpha value is -3.46. The number of aromatic nitrogens is 5. The largest absolute Gasteiger partial charge is 0.379 e. The molecule has 4 aromatic rings. The summed E-state index contributed by atoms with van der Waals surface area (Å²) in [7, 11) is 1.85. The van der Waals surface area contributed by atoms with Crippen LogP contribution in [0, 0.1) is 6.92 Å². The predicted molar refractivity (Wildman–Crippen MR) is 124 cm³/mol. The first-order valence-electron chi connectivity index (χ1n) is 11.0. The fourth-order valence-corrected chi connectivity index (χ4v) is 4.36. The normalized spacial score (nSPS) is 16.2. The highest BCUT2D eigenvalue weighted by Gasteiger charge is 2.27. The van der Waals surface area contributed by atoms with Gasteiger partial charge in [-0.05, 0) is 37.5 Å². The van der Waals surface area contributed by atoms with Crippen LogP contribution in [-0.2, 0) is 4.74 Å². The van der Waals surface area contributed by atoms with Gasteiger partial charge in [-0.15, -0.1) is 0 Å². The Morgan fingerprint density at radius 3 is 2.97 bits per heavy atom. The molecule has 3 N–H and O–H groups in total. The highest BCUT2D eigenvalue weighted by molar-refractivity contribution is 6.04. The molecule has 0 saturated carbocycles. The minimum Gasteiger partial charge on any atom is -0.379 e. The molecule has 166 valence electrons. The Morgan fingerprint density at radius 2 is 2.22 bits per heavy atom. The Kier molecular flexibility index (Phi) is 5.26. The van der Waals surface area contributed by atoms with Crippen molar-refractivity contribution in [2.45, 2.75) is 32.7 Å². The SMILES string of the molecule is CCCNC(=O)c1ccc2c(C)c(-c3nn(C4CCOC4)c4ncnc(NC)c34)[nH]c2c1. The van der Waals surface area contributed by atoms with Crippen LogP contribution in [0.3, 0.4) is 0 Å². The summed E-state index contributed by atoms with van der Waals surface area (Å²) in [6.45, 7) is 6.11. The van der Waals surface area contributed by atoms with Gasteiger partial charge in [0.05, 0.1) is 23.7 Å². The number of nitrogens with one attached hydrogen (secondary N) is 3. The number of nitrogens with zero attached hydrogens (tertiary/aromatic N) is 4. The first kappa shape index (κ1) is 20.4. The van der Waals surface area contributed by atoms with E-state index in [2.05, 4.69) is 32.5 Å². The number of carbonyl (C=O) groups excluding carboxylic acids is 1. The van der Waals surface area contributed by atoms with Gasteiger partial charge in [0, 0.05) is 36.7 Å². The lowest BCUT2D eigenvalue weighted by atomic mass is 10.1. The van der Waals surface area contributed by atoms with Crippen molar-refractivity contribution >= 4 is 33.7 Å². The van der Waals surface area contributed by atoms with Gasteiger partial charge in [0.25, 0.3) is 5.91 Å². The molecule has 1 aliphatic rings. The number of aryl methyl sites for hydroxylation is 1. The molecule has 3 aromatic heterocycles. The summed E-state index contributed by atoms with van der Waals surface area (Å²) < 4.78 is 7.57. The number of hydrogen-bond donors (Lipinski definition) is 3. The lowest BCUT2D eigenvalue weighted by Gasteiger charge is -2.08. The molecule has 1 aliphatic heterocycles. The summed E-state index contributed by atoms with van der Waals surface area (Å²) in [5.41, 5.74) is 5.09. The van der Waals surface area contributed by atoms with Crippen molar-refractivity contribution < 1.29 is 9.53 Å². The van der Waals surface area contributed by atoms with Crippen LogP contribution in [0.25, 0.3) is 33.3 Å². The van der Waals surface area contributed by atoms with Crippen LogP contribution in [0.4, 0.5) is 5.82 Å². The van der Waals surface area contributed by atoms with Gasteiger partial charge in [-0.25, -0.2) is 14.6 Å². The highest BCUT2D eigenvalue weighted by Crippen LogP contribution is 2.37. The molecule has 4 heterocycles. The molecule has 1 atom stereocenters. The van der Waals surface area contributed by atoms with Crippen LogP contribution >= 0.6 is 0 Å². The van der Waals surface area contributed by atoms with E-state index in [1.165, 1.54) is 0 Å². The molecule has 32 heavy (non-hydrogen) atoms. The number of anilines is 1. The Morgan fingerprint density at radius 1 is 1.34 bits per heavy atom. The number of hydrogen-bond acceptors (Lipinski definition) is 6. The quantitative estimate of drug-likeness (QED) is 0.430. The topological polar surface area (TPSA) is 110 Å². The highest BCUT2D eigenvalue weighted by atomic mass is 16.5. The zero-order valence-electron chi connectivity index (χ0n) is 18.5. The van der Waals surface area contributed by atoms with E-state index in [4.69, 9.17) is 9.84 Å². The molecule has 0 bridgehead atoms. The molecule has 9 nitrogen and oxygen atoms in total. The molecular formula is C23H27N7O2. The Bertz CT molecular complexity index is 1300. The standard InChI is InChI=1S/C23H27N7O2/c1-4-8-25-23(31)14-5-6-16-13(2)19(28-17(16)10-14)20-18-21(24-3)26-12-27-22(18)30(29-20)15-7-9-32-11-15/h5-6,10,12,15,28H,4,7-9,11H2,1-3H3,(H,25,31)(H,24,26,27). The van der Waals surface area contributed by atoms with Crippen molar-refractivity contribution in [2.24, 2.45) is 0 Å². The summed E-state index contributed by atoms with van der Waals surface area (Å²) in [4.78, 5) is 24.9. The molecule has 5 rings (SSSR count). The van der Waals surface area contributed by atoms with Gasteiger partial charge in [-0.2, -0.15) is 5.10 Å². The zero-order valence-corrected chi connectivity index (χ0v) is 18.5. The minimum atomic E-state index is -0.0654. The predicted octanol–water partition coefficient (Wildman–Crippen LogP) is 3.43. The molecule has 1 amide bonds. The molecule has 9 heteroatoms. The first-order chi connectivity index (χ1) is 15.6. The van der Waals surface area contributed by atoms with Gasteiger partial charge in [0.15, 0.2) is 5.65 Å². The average Bonchev–Trinajstić information content (AvgIpc) is 3.54. The molecule has 0 spiro atoms. The van der Waals surface area contributed by atoms with Crippen LogP contribution in [0.15, 0.2) is 24.5 Å². The zero-order chi connectivity index (χ0) is 22.2. The third kappa shape index (κ3) is 3.29. The minimum absolute atomic E-state index is 0.0654. The molecule has 0 aliphatic carbocycles. The summed E-state index contributed by atoms with van der Waals surface area (Å²) in [5, 5.41) is 13.0. The number of fused-ring (bicyclic) bond motifs is 2. The van der Waals surface area contributed by atoms with Gasteiger partial charge in [-0.3, -0.25) is 4.79 Å². The number of ether oxygens (including phenoxy) is 1. The van der Waals surface area contributed by atoms with E-state index in [9.17, 15) is 4.79 Å². The smallest absolute Gasteiger partial charge is 0.251 e. The van der Waals surface area contributed by atoms with Gasteiger partial charge in [0.1, 0.15) is 17.8 Å². The van der Waals surface area contributed by atoms with Crippen molar-refractivity contribution in [3.05, 3.63) is 35.7 Å². The van der Waals surface area contributed by atoms with Gasteiger partial charge >= 0.3 is 0 Å². The fraction of sp³-hybridized carbons (Fsp3) is 0.391. The van der Waals surface area contributed by atoms with Crippen LogP contribution < -0.4 is 10.6 Å². The lowest BCUT2D eigenvalue weighted by molar-refractivity contribution is 0.0954. The van der Waals surface area contributed by atoms with Gasteiger partial charge in [0.2, 0.25) is 0 Å². The lowest BCUT2D eigenvalue weighted by Crippen LogP contribution is -2.23. The van der Waals surface area contributed by atoms with E-state index in [-0.39, 0.29) is 11.9 Å². The van der Waals surface area contributed by atoms with Crippen LogP contribution in [-0.4, -0.2) is 57.4 Å². The van der Waals surface area contributed by atoms with Gasteiger partial charge < -0.3 is 20.4 Å². The number of rotatable bonds is 6. The Balaban J connectivity index is 1.67. The summed E-state index contributed by atoms with van der Waals surface area (Å²) >= 11 is 0. The maximum atomic E-state index is 12.4. The van der Waals surface area contributed by atoms with Crippen LogP contribution in [0.1, 0.15) is 41.7 Å². The number of H-pyrrole nitrogens is 1. The second kappa shape index (κ2) is 8.23. The fourth-order valence-electron chi connectivity index (χ4n) is 4.36. The molecule has 1 aromatic carbocycles. The number of benzene rings is 1. The van der Waals surface area contributed by atoms with Crippen molar-refractivity contribution in [1.29, 1.82) is 0 Å². The van der Waals surface area contributed by atoms with Crippen LogP contribution in [0.2, 0.25) is 0 Å². The first-order valence-corrected chi connectivity index (χ1v) is 11.0. The van der Waals surface area contributed by atoms with Crippen molar-refractivity contribution in [3.8, 4) is 11.4 Å². The maximum Gasteiger partial charge on any atom is 0.251 e. The van der Waals surface area contributed by atoms with Gasteiger partial charge in [-0.1, -0.05) is 13.0 Å². The number of aromatic amines is 1. The van der Waals surface area contributed by atoms with Crippen LogP contribution in [0.5, 0.6) is 0 Å². The third-order valence-corrected chi connectivity index (χ3v) is 6.07. The monoisotopic (exact) mass is 433 g/mol. The number of carbonyl (C=O) groups is 1. The van der Waals surface area contributed by atoms with E-state index >= 15 is 0 Å². The van der Waals surface area contributed by atoms with E-state index in [0.29, 0.717) is 18.7 Å².